The van der Waals surface area contributed by atoms with Gasteiger partial charge < -0.3 is 10.4 Å². The van der Waals surface area contributed by atoms with Gasteiger partial charge in [-0.15, -0.1) is 0 Å². The van der Waals surface area contributed by atoms with Crippen LogP contribution in [0.25, 0.3) is 0 Å². The first-order valence-corrected chi connectivity index (χ1v) is 8.19. The van der Waals surface area contributed by atoms with E-state index in [1.807, 2.05) is 0 Å². The van der Waals surface area contributed by atoms with Crippen LogP contribution in [0, 0.1) is 5.82 Å². The summed E-state index contributed by atoms with van der Waals surface area (Å²) in [7, 11) is 0. The molecule has 1 unspecified atom stereocenters. The molecule has 1 aliphatic rings. The van der Waals surface area contributed by atoms with E-state index in [0.717, 1.165) is 12.8 Å². The molecule has 126 valence electrons. The van der Waals surface area contributed by atoms with E-state index < -0.39 is 17.8 Å². The van der Waals surface area contributed by atoms with E-state index in [9.17, 15) is 14.3 Å². The van der Waals surface area contributed by atoms with Gasteiger partial charge in [0.15, 0.2) is 0 Å². The molecule has 24 heavy (non-hydrogen) atoms. The molecule has 2 aromatic rings. The van der Waals surface area contributed by atoms with Gasteiger partial charge in [-0.05, 0) is 25.0 Å². The van der Waals surface area contributed by atoms with Crippen molar-refractivity contribution < 1.29 is 14.3 Å². The predicted molar refractivity (Wildman–Crippen MR) is 86.9 cm³/mol. The minimum absolute atomic E-state index is 0.0808. The molecule has 1 aromatic heterocycles. The highest BCUT2D eigenvalue weighted by Gasteiger charge is 2.21. The van der Waals surface area contributed by atoms with Gasteiger partial charge in [0.1, 0.15) is 17.3 Å². The third kappa shape index (κ3) is 3.76. The number of amides is 1. The van der Waals surface area contributed by atoms with Gasteiger partial charge in [0.05, 0.1) is 6.10 Å². The van der Waals surface area contributed by atoms with Gasteiger partial charge in [-0.25, -0.2) is 14.4 Å². The van der Waals surface area contributed by atoms with Gasteiger partial charge >= 0.3 is 0 Å². The maximum absolute atomic E-state index is 13.6. The van der Waals surface area contributed by atoms with Crippen molar-refractivity contribution >= 4 is 5.91 Å². The van der Waals surface area contributed by atoms with Crippen LogP contribution in [-0.2, 0) is 0 Å². The number of rotatable bonds is 5. The molecule has 1 aromatic carbocycles. The van der Waals surface area contributed by atoms with Gasteiger partial charge in [-0.2, -0.15) is 0 Å². The summed E-state index contributed by atoms with van der Waals surface area (Å²) in [5.41, 5.74) is 0.430. The lowest BCUT2D eigenvalue weighted by Crippen LogP contribution is -2.29. The van der Waals surface area contributed by atoms with E-state index in [1.54, 1.807) is 24.4 Å². The summed E-state index contributed by atoms with van der Waals surface area (Å²) in [6.45, 7) is -0.0808. The van der Waals surface area contributed by atoms with Crippen molar-refractivity contribution in [2.75, 3.05) is 6.54 Å². The molecule has 0 spiro atoms. The average Bonchev–Trinajstić information content (AvgIpc) is 3.14. The van der Waals surface area contributed by atoms with Gasteiger partial charge in [0, 0.05) is 24.2 Å². The van der Waals surface area contributed by atoms with Gasteiger partial charge in [0.2, 0.25) is 0 Å². The van der Waals surface area contributed by atoms with Gasteiger partial charge in [-0.1, -0.05) is 31.0 Å². The highest BCUT2D eigenvalue weighted by atomic mass is 19.1. The number of carbonyl (C=O) groups excluding carboxylic acids is 1. The van der Waals surface area contributed by atoms with Gasteiger partial charge in [0.25, 0.3) is 5.91 Å². The summed E-state index contributed by atoms with van der Waals surface area (Å²) in [6, 6.07) is 7.51. The Bertz CT molecular complexity index is 717. The van der Waals surface area contributed by atoms with Crippen LogP contribution in [0.15, 0.2) is 36.5 Å². The van der Waals surface area contributed by atoms with Crippen molar-refractivity contribution in [2.45, 2.75) is 37.7 Å². The second-order valence-electron chi connectivity index (χ2n) is 6.03. The number of hydrogen-bond acceptors (Lipinski definition) is 4. The van der Waals surface area contributed by atoms with Crippen molar-refractivity contribution in [3.63, 3.8) is 0 Å². The lowest BCUT2D eigenvalue weighted by molar-refractivity contribution is 0.0908. The Morgan fingerprint density at radius 2 is 2.04 bits per heavy atom. The van der Waals surface area contributed by atoms with Crippen molar-refractivity contribution in [3.05, 3.63) is 59.4 Å². The molecule has 1 atom stereocenters. The molecule has 1 fully saturated rings. The van der Waals surface area contributed by atoms with Crippen molar-refractivity contribution in [1.29, 1.82) is 0 Å². The Morgan fingerprint density at radius 1 is 1.29 bits per heavy atom. The number of halogens is 1. The van der Waals surface area contributed by atoms with Gasteiger partial charge in [-0.3, -0.25) is 4.79 Å². The molecule has 1 saturated carbocycles. The quantitative estimate of drug-likeness (QED) is 0.884. The highest BCUT2D eigenvalue weighted by Crippen LogP contribution is 2.31. The maximum Gasteiger partial charge on any atom is 0.270 e. The lowest BCUT2D eigenvalue weighted by Gasteiger charge is -2.13. The predicted octanol–water partition coefficient (Wildman–Crippen LogP) is 2.74. The normalized spacial score (nSPS) is 16.1. The molecule has 1 heterocycles. The van der Waals surface area contributed by atoms with E-state index >= 15 is 0 Å². The summed E-state index contributed by atoms with van der Waals surface area (Å²) >= 11 is 0. The van der Waals surface area contributed by atoms with Crippen LogP contribution in [0.1, 0.15) is 59.6 Å². The molecular formula is C18H20FN3O2. The highest BCUT2D eigenvalue weighted by molar-refractivity contribution is 5.92. The molecule has 1 amide bonds. The number of aliphatic hydroxyl groups excluding tert-OH is 1. The smallest absolute Gasteiger partial charge is 0.270 e. The maximum atomic E-state index is 13.6. The minimum atomic E-state index is -1.11. The summed E-state index contributed by atoms with van der Waals surface area (Å²) in [5, 5.41) is 12.6. The number of hydrogen-bond donors (Lipinski definition) is 2. The molecule has 0 bridgehead atoms. The molecule has 2 N–H and O–H groups in total. The number of aliphatic hydroxyl groups is 1. The largest absolute Gasteiger partial charge is 0.386 e. The van der Waals surface area contributed by atoms with Crippen LogP contribution in [-0.4, -0.2) is 27.5 Å². The molecule has 0 saturated heterocycles. The van der Waals surface area contributed by atoms with Crippen LogP contribution in [0.3, 0.4) is 0 Å². The zero-order valence-corrected chi connectivity index (χ0v) is 13.3. The summed E-state index contributed by atoms with van der Waals surface area (Å²) < 4.78 is 13.6. The molecule has 6 heteroatoms. The SMILES string of the molecule is O=C(NCC(O)c1ccccc1F)c1ccnc(C2CCCC2)n1. The van der Waals surface area contributed by atoms with Crippen molar-refractivity contribution in [1.82, 2.24) is 15.3 Å². The molecule has 1 aliphatic carbocycles. The second kappa shape index (κ2) is 7.49. The fraction of sp³-hybridized carbons (Fsp3) is 0.389. The Hall–Kier alpha value is -2.34. The van der Waals surface area contributed by atoms with Crippen LogP contribution < -0.4 is 5.32 Å². The molecule has 3 rings (SSSR count). The Labute approximate surface area is 140 Å². The third-order valence-electron chi connectivity index (χ3n) is 4.35. The van der Waals surface area contributed by atoms with Crippen LogP contribution >= 0.6 is 0 Å². The molecule has 5 nitrogen and oxygen atoms in total. The molecule has 0 aliphatic heterocycles. The van der Waals surface area contributed by atoms with Crippen LogP contribution in [0.4, 0.5) is 4.39 Å². The zero-order chi connectivity index (χ0) is 16.9. The van der Waals surface area contributed by atoms with Crippen molar-refractivity contribution in [3.8, 4) is 0 Å². The molecular weight excluding hydrogens is 309 g/mol. The van der Waals surface area contributed by atoms with Crippen LogP contribution in [0.5, 0.6) is 0 Å². The average molecular weight is 329 g/mol. The zero-order valence-electron chi connectivity index (χ0n) is 13.3. The summed E-state index contributed by atoms with van der Waals surface area (Å²) in [5.74, 6) is 0.133. The first-order chi connectivity index (χ1) is 11.6. The van der Waals surface area contributed by atoms with E-state index in [1.165, 1.54) is 25.0 Å². The van der Waals surface area contributed by atoms with E-state index in [-0.39, 0.29) is 17.8 Å². The number of nitrogens with zero attached hydrogens (tertiary/aromatic N) is 2. The number of nitrogens with one attached hydrogen (secondary N) is 1. The van der Waals surface area contributed by atoms with E-state index in [2.05, 4.69) is 15.3 Å². The summed E-state index contributed by atoms with van der Waals surface area (Å²) in [6.07, 6.45) is 4.92. The van der Waals surface area contributed by atoms with Crippen LogP contribution in [0.2, 0.25) is 0 Å². The lowest BCUT2D eigenvalue weighted by atomic mass is 10.1. The Balaban J connectivity index is 1.63. The van der Waals surface area contributed by atoms with E-state index in [0.29, 0.717) is 11.7 Å². The first kappa shape index (κ1) is 16.5. The summed E-state index contributed by atoms with van der Waals surface area (Å²) in [4.78, 5) is 20.8. The fourth-order valence-corrected chi connectivity index (χ4v) is 3.02. The second-order valence-corrected chi connectivity index (χ2v) is 6.03. The Morgan fingerprint density at radius 3 is 2.79 bits per heavy atom. The minimum Gasteiger partial charge on any atom is -0.386 e. The number of aromatic nitrogens is 2. The number of benzene rings is 1. The molecule has 0 radical (unpaired) electrons. The van der Waals surface area contributed by atoms with Crippen molar-refractivity contribution in [2.24, 2.45) is 0 Å². The number of carbonyl (C=O) groups is 1. The monoisotopic (exact) mass is 329 g/mol. The fourth-order valence-electron chi connectivity index (χ4n) is 3.02. The third-order valence-corrected chi connectivity index (χ3v) is 4.35. The van der Waals surface area contributed by atoms with E-state index in [4.69, 9.17) is 0 Å². The first-order valence-electron chi connectivity index (χ1n) is 8.19. The standard InChI is InChI=1S/C18H20FN3O2/c19-14-8-4-3-7-13(14)16(23)11-21-18(24)15-9-10-20-17(22-15)12-5-1-2-6-12/h3-4,7-10,12,16,23H,1-2,5-6,11H2,(H,21,24). The topological polar surface area (TPSA) is 75.1 Å². The Kier molecular flexibility index (Phi) is 5.15.